The molecule has 3 saturated carbocycles. The van der Waals surface area contributed by atoms with Crippen LogP contribution in [-0.2, 0) is 16.0 Å². The van der Waals surface area contributed by atoms with E-state index >= 15 is 0 Å². The first-order chi connectivity index (χ1) is 11.9. The molecule has 25 heavy (non-hydrogen) atoms. The molecule has 0 saturated heterocycles. The molecule has 0 spiro atoms. The number of aryl methyl sites for hydroxylation is 1. The first kappa shape index (κ1) is 18.0. The fourth-order valence-corrected chi connectivity index (χ4v) is 4.56. The molecule has 1 amide bonds. The van der Waals surface area contributed by atoms with E-state index in [9.17, 15) is 9.59 Å². The Morgan fingerprint density at radius 2 is 1.92 bits per heavy atom. The summed E-state index contributed by atoms with van der Waals surface area (Å²) in [5.74, 6) is 1.41. The van der Waals surface area contributed by atoms with Crippen LogP contribution < -0.4 is 5.32 Å². The third-order valence-corrected chi connectivity index (χ3v) is 6.48. The van der Waals surface area contributed by atoms with E-state index in [1.165, 1.54) is 18.4 Å². The number of rotatable bonds is 6. The minimum atomic E-state index is -0.349. The number of amides is 1. The second kappa shape index (κ2) is 7.19. The Morgan fingerprint density at radius 3 is 2.52 bits per heavy atom. The van der Waals surface area contributed by atoms with Crippen molar-refractivity contribution in [3.8, 4) is 0 Å². The van der Waals surface area contributed by atoms with Gasteiger partial charge in [0.2, 0.25) is 0 Å². The predicted molar refractivity (Wildman–Crippen MR) is 97.2 cm³/mol. The predicted octanol–water partition coefficient (Wildman–Crippen LogP) is 3.59. The quantitative estimate of drug-likeness (QED) is 0.803. The van der Waals surface area contributed by atoms with Crippen molar-refractivity contribution in [2.24, 2.45) is 23.2 Å². The lowest BCUT2D eigenvalue weighted by Gasteiger charge is -2.60. The largest absolute Gasteiger partial charge is 0.464 e. The molecule has 0 heterocycles. The van der Waals surface area contributed by atoms with Crippen molar-refractivity contribution >= 4 is 11.9 Å². The Morgan fingerprint density at radius 1 is 1.20 bits per heavy atom. The van der Waals surface area contributed by atoms with E-state index in [0.717, 1.165) is 18.8 Å². The molecule has 4 nitrogen and oxygen atoms in total. The second-order valence-electron chi connectivity index (χ2n) is 8.11. The number of ether oxygens (including phenoxy) is 1. The number of benzene rings is 1. The van der Waals surface area contributed by atoms with Crippen LogP contribution in [0.1, 0.15) is 56.0 Å². The van der Waals surface area contributed by atoms with Crippen molar-refractivity contribution in [2.45, 2.75) is 46.5 Å². The summed E-state index contributed by atoms with van der Waals surface area (Å²) in [4.78, 5) is 24.0. The normalized spacial score (nSPS) is 26.4. The van der Waals surface area contributed by atoms with Gasteiger partial charge in [-0.05, 0) is 66.5 Å². The molecular weight excluding hydrogens is 314 g/mol. The molecule has 3 fully saturated rings. The van der Waals surface area contributed by atoms with Gasteiger partial charge in [-0.2, -0.15) is 0 Å². The lowest BCUT2D eigenvalue weighted by atomic mass is 9.46. The number of hydrogen-bond acceptors (Lipinski definition) is 3. The molecule has 4 heteroatoms. The average molecular weight is 343 g/mol. The molecule has 136 valence electrons. The Kier molecular flexibility index (Phi) is 5.16. The van der Waals surface area contributed by atoms with Gasteiger partial charge < -0.3 is 10.1 Å². The van der Waals surface area contributed by atoms with Gasteiger partial charge in [0.1, 0.15) is 6.54 Å². The summed E-state index contributed by atoms with van der Waals surface area (Å²) in [5, 5.41) is 2.65. The minimum Gasteiger partial charge on any atom is -0.464 e. The first-order valence-corrected chi connectivity index (χ1v) is 9.44. The van der Waals surface area contributed by atoms with Crippen molar-refractivity contribution in [1.82, 2.24) is 5.32 Å². The van der Waals surface area contributed by atoms with E-state index in [1.807, 2.05) is 12.1 Å². The number of carbonyl (C=O) groups excluding carboxylic acids is 2. The minimum absolute atomic E-state index is 0.0717. The maximum atomic E-state index is 12.1. The fraction of sp³-hybridized carbons (Fsp3) is 0.619. The monoisotopic (exact) mass is 343 g/mol. The Hall–Kier alpha value is -1.84. The van der Waals surface area contributed by atoms with Crippen LogP contribution in [0.2, 0.25) is 0 Å². The van der Waals surface area contributed by atoms with E-state index in [-0.39, 0.29) is 18.4 Å². The van der Waals surface area contributed by atoms with Gasteiger partial charge in [-0.3, -0.25) is 9.59 Å². The highest BCUT2D eigenvalue weighted by molar-refractivity contribution is 5.95. The standard InChI is InChI=1S/C21H29NO3/c1-4-14-5-7-15(8-6-14)20(24)22-12-19(23)25-13-16-9-10-17-11-18(16)21(17,2)3/h5-8,16-18H,4,9-13H2,1-3H3,(H,22,24). The molecule has 1 aromatic rings. The van der Waals surface area contributed by atoms with E-state index < -0.39 is 0 Å². The number of hydrogen-bond donors (Lipinski definition) is 1. The van der Waals surface area contributed by atoms with Gasteiger partial charge >= 0.3 is 5.97 Å². The van der Waals surface area contributed by atoms with Gasteiger partial charge in [-0.15, -0.1) is 0 Å². The molecule has 0 aliphatic heterocycles. The van der Waals surface area contributed by atoms with Crippen LogP contribution in [0.3, 0.4) is 0 Å². The number of esters is 1. The van der Waals surface area contributed by atoms with E-state index in [0.29, 0.717) is 29.4 Å². The summed E-state index contributed by atoms with van der Waals surface area (Å²) in [6.07, 6.45) is 4.62. The topological polar surface area (TPSA) is 55.4 Å². The Balaban J connectivity index is 1.41. The molecular formula is C21H29NO3. The van der Waals surface area contributed by atoms with Gasteiger partial charge in [0.15, 0.2) is 0 Å². The van der Waals surface area contributed by atoms with Crippen molar-refractivity contribution in [2.75, 3.05) is 13.2 Å². The summed E-state index contributed by atoms with van der Waals surface area (Å²) in [6, 6.07) is 7.45. The van der Waals surface area contributed by atoms with E-state index in [2.05, 4.69) is 26.1 Å². The van der Waals surface area contributed by atoms with Crippen molar-refractivity contribution in [1.29, 1.82) is 0 Å². The fourth-order valence-electron chi connectivity index (χ4n) is 4.56. The molecule has 3 atom stereocenters. The van der Waals surface area contributed by atoms with Gasteiger partial charge in [0.05, 0.1) is 6.61 Å². The molecule has 3 unspecified atom stereocenters. The third-order valence-electron chi connectivity index (χ3n) is 6.48. The van der Waals surface area contributed by atoms with Gasteiger partial charge in [-0.1, -0.05) is 32.9 Å². The third kappa shape index (κ3) is 3.73. The lowest BCUT2D eigenvalue weighted by Crippen LogP contribution is -2.53. The smallest absolute Gasteiger partial charge is 0.325 e. The van der Waals surface area contributed by atoms with Gasteiger partial charge in [0, 0.05) is 5.56 Å². The zero-order valence-corrected chi connectivity index (χ0v) is 15.5. The van der Waals surface area contributed by atoms with Crippen molar-refractivity contribution in [3.05, 3.63) is 35.4 Å². The highest BCUT2D eigenvalue weighted by atomic mass is 16.5. The summed E-state index contributed by atoms with van der Waals surface area (Å²) in [7, 11) is 0. The maximum Gasteiger partial charge on any atom is 0.325 e. The summed E-state index contributed by atoms with van der Waals surface area (Å²) in [6.45, 7) is 7.16. The van der Waals surface area contributed by atoms with Crippen LogP contribution in [0.15, 0.2) is 24.3 Å². The van der Waals surface area contributed by atoms with Crippen LogP contribution in [-0.4, -0.2) is 25.0 Å². The molecule has 4 rings (SSSR count). The van der Waals surface area contributed by atoms with Crippen molar-refractivity contribution in [3.63, 3.8) is 0 Å². The Bertz CT molecular complexity index is 633. The van der Waals surface area contributed by atoms with Crippen molar-refractivity contribution < 1.29 is 14.3 Å². The van der Waals surface area contributed by atoms with Crippen LogP contribution in [0, 0.1) is 23.2 Å². The Labute approximate surface area is 150 Å². The highest BCUT2D eigenvalue weighted by Crippen LogP contribution is 2.61. The maximum absolute atomic E-state index is 12.1. The van der Waals surface area contributed by atoms with Gasteiger partial charge in [0.25, 0.3) is 5.91 Å². The number of fused-ring (bicyclic) bond motifs is 2. The molecule has 2 bridgehead atoms. The molecule has 0 aromatic heterocycles. The summed E-state index contributed by atoms with van der Waals surface area (Å²) >= 11 is 0. The van der Waals surface area contributed by atoms with Crippen LogP contribution in [0.25, 0.3) is 0 Å². The molecule has 3 aliphatic carbocycles. The molecule has 0 radical (unpaired) electrons. The van der Waals surface area contributed by atoms with Gasteiger partial charge in [-0.25, -0.2) is 0 Å². The average Bonchev–Trinajstić information content (AvgIpc) is 2.64. The number of nitrogens with one attached hydrogen (secondary N) is 1. The second-order valence-corrected chi connectivity index (χ2v) is 8.11. The first-order valence-electron chi connectivity index (χ1n) is 9.44. The molecule has 1 N–H and O–H groups in total. The number of carbonyl (C=O) groups is 2. The van der Waals surface area contributed by atoms with E-state index in [4.69, 9.17) is 4.74 Å². The molecule has 1 aromatic carbocycles. The zero-order chi connectivity index (χ0) is 18.0. The molecule has 3 aliphatic rings. The SMILES string of the molecule is CCc1ccc(C(=O)NCC(=O)OCC2CCC3CC2C3(C)C)cc1. The van der Waals surface area contributed by atoms with E-state index in [1.54, 1.807) is 12.1 Å². The summed E-state index contributed by atoms with van der Waals surface area (Å²) in [5.41, 5.74) is 2.15. The van der Waals surface area contributed by atoms with Crippen LogP contribution in [0.5, 0.6) is 0 Å². The summed E-state index contributed by atoms with van der Waals surface area (Å²) < 4.78 is 5.44. The zero-order valence-electron chi connectivity index (χ0n) is 15.5. The van der Waals surface area contributed by atoms with Crippen LogP contribution >= 0.6 is 0 Å². The highest BCUT2D eigenvalue weighted by Gasteiger charge is 2.54. The lowest BCUT2D eigenvalue weighted by molar-refractivity contribution is -0.154. The van der Waals surface area contributed by atoms with Crippen LogP contribution in [0.4, 0.5) is 0 Å².